The van der Waals surface area contributed by atoms with Crippen LogP contribution in [0.3, 0.4) is 0 Å². The minimum absolute atomic E-state index is 0.743. The Balaban J connectivity index is 1.65. The first kappa shape index (κ1) is 17.3. The van der Waals surface area contributed by atoms with E-state index < -0.39 is 0 Å². The fourth-order valence-corrected chi connectivity index (χ4v) is 2.20. The lowest BCUT2D eigenvalue weighted by molar-refractivity contribution is 0.655. The Hall–Kier alpha value is -2.01. The Morgan fingerprint density at radius 3 is 2.39 bits per heavy atom. The summed E-state index contributed by atoms with van der Waals surface area (Å²) in [7, 11) is 0. The molecule has 2 rings (SSSR count). The van der Waals surface area contributed by atoms with Crippen molar-refractivity contribution in [2.75, 3.05) is 19.6 Å². The molecule has 23 heavy (non-hydrogen) atoms. The number of nitrogens with one attached hydrogen (secondary N) is 2. The number of rotatable bonds is 10. The number of nitrogens with two attached hydrogens (primary N) is 1. The molecule has 4 N–H and O–H groups in total. The fraction of sp³-hybridized carbons (Fsp3) is 0.316. The predicted molar refractivity (Wildman–Crippen MR) is 96.8 cm³/mol. The number of hydrogen-bond acceptors (Lipinski definition) is 4. The van der Waals surface area contributed by atoms with Crippen LogP contribution in [0.2, 0.25) is 0 Å². The second-order valence-corrected chi connectivity index (χ2v) is 5.46. The molecule has 122 valence electrons. The molecule has 0 unspecified atom stereocenters. The molecule has 4 nitrogen and oxygen atoms in total. The van der Waals surface area contributed by atoms with E-state index in [2.05, 4.69) is 52.0 Å². The first-order chi connectivity index (χ1) is 11.4. The van der Waals surface area contributed by atoms with E-state index in [9.17, 15) is 0 Å². The highest BCUT2D eigenvalue weighted by atomic mass is 14.9. The SMILES string of the molecule is NCCCNCc1ccc(CNC/C=C/c2cccnc2)cc1. The Kier molecular flexibility index (Phi) is 8.05. The quantitative estimate of drug-likeness (QED) is 0.589. The van der Waals surface area contributed by atoms with Crippen molar-refractivity contribution in [2.45, 2.75) is 19.5 Å². The van der Waals surface area contributed by atoms with Gasteiger partial charge in [0.25, 0.3) is 0 Å². The molecule has 0 radical (unpaired) electrons. The molecule has 0 saturated carbocycles. The average molecular weight is 310 g/mol. The summed E-state index contributed by atoms with van der Waals surface area (Å²) in [6.45, 7) is 4.34. The molecular formula is C19H26N4. The van der Waals surface area contributed by atoms with Crippen LogP contribution in [-0.4, -0.2) is 24.6 Å². The van der Waals surface area contributed by atoms with Crippen LogP contribution in [0, 0.1) is 0 Å². The summed E-state index contributed by atoms with van der Waals surface area (Å²) < 4.78 is 0. The monoisotopic (exact) mass is 310 g/mol. The van der Waals surface area contributed by atoms with Crippen molar-refractivity contribution in [1.29, 1.82) is 0 Å². The maximum Gasteiger partial charge on any atom is 0.0340 e. The van der Waals surface area contributed by atoms with E-state index in [0.29, 0.717) is 0 Å². The van der Waals surface area contributed by atoms with E-state index in [0.717, 1.165) is 44.7 Å². The van der Waals surface area contributed by atoms with Crippen LogP contribution < -0.4 is 16.4 Å². The van der Waals surface area contributed by atoms with Crippen LogP contribution in [0.25, 0.3) is 6.08 Å². The lowest BCUT2D eigenvalue weighted by atomic mass is 10.1. The van der Waals surface area contributed by atoms with Crippen molar-refractivity contribution in [2.24, 2.45) is 5.73 Å². The van der Waals surface area contributed by atoms with Crippen LogP contribution >= 0.6 is 0 Å². The summed E-state index contributed by atoms with van der Waals surface area (Å²) in [4.78, 5) is 4.09. The number of benzene rings is 1. The van der Waals surface area contributed by atoms with E-state index in [1.165, 1.54) is 11.1 Å². The van der Waals surface area contributed by atoms with Crippen molar-refractivity contribution in [3.05, 3.63) is 71.6 Å². The molecule has 4 heteroatoms. The summed E-state index contributed by atoms with van der Waals surface area (Å²) in [5.41, 5.74) is 9.20. The minimum atomic E-state index is 0.743. The summed E-state index contributed by atoms with van der Waals surface area (Å²) in [5, 5.41) is 6.80. The first-order valence-corrected chi connectivity index (χ1v) is 8.14. The highest BCUT2D eigenvalue weighted by molar-refractivity contribution is 5.47. The Labute approximate surface area is 138 Å². The van der Waals surface area contributed by atoms with Crippen LogP contribution in [-0.2, 0) is 13.1 Å². The normalized spacial score (nSPS) is 11.2. The van der Waals surface area contributed by atoms with Crippen molar-refractivity contribution in [3.63, 3.8) is 0 Å². The third-order valence-corrected chi connectivity index (χ3v) is 3.50. The van der Waals surface area contributed by atoms with Gasteiger partial charge in [-0.25, -0.2) is 0 Å². The molecule has 0 saturated heterocycles. The Morgan fingerprint density at radius 2 is 1.74 bits per heavy atom. The van der Waals surface area contributed by atoms with Crippen molar-refractivity contribution in [1.82, 2.24) is 15.6 Å². The minimum Gasteiger partial charge on any atom is -0.330 e. The maximum absolute atomic E-state index is 5.47. The van der Waals surface area contributed by atoms with Crippen LogP contribution in [0.4, 0.5) is 0 Å². The summed E-state index contributed by atoms with van der Waals surface area (Å²) in [6.07, 6.45) is 8.86. The lowest BCUT2D eigenvalue weighted by Crippen LogP contribution is -2.17. The standard InChI is InChI=1S/C19H26N4/c20-10-3-13-23-16-19-8-6-18(7-9-19)15-22-12-2-5-17-4-1-11-21-14-17/h1-2,4-9,11,14,22-23H,3,10,12-13,15-16,20H2/b5-2+. The van der Waals surface area contributed by atoms with Crippen LogP contribution in [0.5, 0.6) is 0 Å². The van der Waals surface area contributed by atoms with E-state index >= 15 is 0 Å². The second-order valence-electron chi connectivity index (χ2n) is 5.46. The highest BCUT2D eigenvalue weighted by Gasteiger charge is 1.95. The number of nitrogens with zero attached hydrogens (tertiary/aromatic N) is 1. The Morgan fingerprint density at radius 1 is 1.00 bits per heavy atom. The second kappa shape index (κ2) is 10.7. The van der Waals surface area contributed by atoms with Gasteiger partial charge in [0.15, 0.2) is 0 Å². The van der Waals surface area contributed by atoms with E-state index in [1.54, 1.807) is 6.20 Å². The zero-order valence-corrected chi connectivity index (χ0v) is 13.5. The zero-order chi connectivity index (χ0) is 16.2. The van der Waals surface area contributed by atoms with Crippen molar-refractivity contribution in [3.8, 4) is 0 Å². The van der Waals surface area contributed by atoms with Gasteiger partial charge in [0.2, 0.25) is 0 Å². The molecule has 0 aliphatic carbocycles. The average Bonchev–Trinajstić information content (AvgIpc) is 2.60. The molecule has 1 aromatic carbocycles. The van der Waals surface area contributed by atoms with Gasteiger partial charge in [-0.3, -0.25) is 4.98 Å². The molecular weight excluding hydrogens is 284 g/mol. The molecule has 2 aromatic rings. The first-order valence-electron chi connectivity index (χ1n) is 8.14. The molecule has 0 bridgehead atoms. The molecule has 0 amide bonds. The summed E-state index contributed by atoms with van der Waals surface area (Å²) in [6, 6.07) is 12.7. The van der Waals surface area contributed by atoms with Crippen LogP contribution in [0.1, 0.15) is 23.1 Å². The van der Waals surface area contributed by atoms with Gasteiger partial charge in [-0.2, -0.15) is 0 Å². The molecule has 0 aliphatic heterocycles. The van der Waals surface area contributed by atoms with Gasteiger partial charge in [-0.15, -0.1) is 0 Å². The Bertz CT molecular complexity index is 564. The van der Waals surface area contributed by atoms with Gasteiger partial charge >= 0.3 is 0 Å². The zero-order valence-electron chi connectivity index (χ0n) is 13.5. The van der Waals surface area contributed by atoms with Crippen molar-refractivity contribution < 1.29 is 0 Å². The smallest absolute Gasteiger partial charge is 0.0340 e. The molecule has 0 fully saturated rings. The number of pyridine rings is 1. The summed E-state index contributed by atoms with van der Waals surface area (Å²) in [5.74, 6) is 0. The third kappa shape index (κ3) is 7.19. The highest BCUT2D eigenvalue weighted by Crippen LogP contribution is 2.04. The predicted octanol–water partition coefficient (Wildman–Crippen LogP) is 2.32. The fourth-order valence-electron chi connectivity index (χ4n) is 2.20. The van der Waals surface area contributed by atoms with Gasteiger partial charge in [0.05, 0.1) is 0 Å². The third-order valence-electron chi connectivity index (χ3n) is 3.50. The van der Waals surface area contributed by atoms with Crippen molar-refractivity contribution >= 4 is 6.08 Å². The summed E-state index contributed by atoms with van der Waals surface area (Å²) >= 11 is 0. The molecule has 0 aliphatic rings. The van der Waals surface area contributed by atoms with Gasteiger partial charge in [-0.1, -0.05) is 42.5 Å². The van der Waals surface area contributed by atoms with Gasteiger partial charge in [0.1, 0.15) is 0 Å². The number of hydrogen-bond donors (Lipinski definition) is 3. The van der Waals surface area contributed by atoms with Gasteiger partial charge in [0, 0.05) is 32.0 Å². The van der Waals surface area contributed by atoms with Gasteiger partial charge in [-0.05, 0) is 42.3 Å². The van der Waals surface area contributed by atoms with Gasteiger partial charge < -0.3 is 16.4 Å². The largest absolute Gasteiger partial charge is 0.330 e. The number of aromatic nitrogens is 1. The topological polar surface area (TPSA) is 63.0 Å². The maximum atomic E-state index is 5.47. The lowest BCUT2D eigenvalue weighted by Gasteiger charge is -2.06. The molecule has 1 heterocycles. The molecule has 0 atom stereocenters. The van der Waals surface area contributed by atoms with E-state index in [-0.39, 0.29) is 0 Å². The van der Waals surface area contributed by atoms with Crippen LogP contribution in [0.15, 0.2) is 54.9 Å². The van der Waals surface area contributed by atoms with E-state index in [1.807, 2.05) is 18.3 Å². The molecule has 0 spiro atoms. The van der Waals surface area contributed by atoms with E-state index in [4.69, 9.17) is 5.73 Å². The molecule has 1 aromatic heterocycles.